The van der Waals surface area contributed by atoms with Gasteiger partial charge < -0.3 is 4.42 Å². The van der Waals surface area contributed by atoms with Crippen LogP contribution in [0.2, 0.25) is 0 Å². The predicted molar refractivity (Wildman–Crippen MR) is 47.9 cm³/mol. The van der Waals surface area contributed by atoms with E-state index < -0.39 is 5.76 Å². The van der Waals surface area contributed by atoms with Crippen molar-refractivity contribution in [2.24, 2.45) is 4.99 Å². The smallest absolute Gasteiger partial charge is 0.406 e. The molecule has 0 aliphatic heterocycles. The van der Waals surface area contributed by atoms with Gasteiger partial charge in [0.1, 0.15) is 0 Å². The summed E-state index contributed by atoms with van der Waals surface area (Å²) in [5.74, 6) is 0.335. The van der Waals surface area contributed by atoms with E-state index in [9.17, 15) is 4.79 Å². The minimum atomic E-state index is -0.506. The first kappa shape index (κ1) is 8.52. The van der Waals surface area contributed by atoms with Gasteiger partial charge in [0.25, 0.3) is 0 Å². The molecule has 0 saturated heterocycles. The largest absolute Gasteiger partial charge is 0.418 e. The average Bonchev–Trinajstić information content (AvgIpc) is 2.32. The van der Waals surface area contributed by atoms with Crippen LogP contribution in [-0.2, 0) is 0 Å². The van der Waals surface area contributed by atoms with Gasteiger partial charge in [-0.25, -0.2) is 9.79 Å². The number of allylic oxidation sites excluding steroid dienone is 1. The fourth-order valence-corrected chi connectivity index (χ4v) is 0.829. The number of hydrogen-bond donors (Lipinski definition) is 1. The van der Waals surface area contributed by atoms with Crippen molar-refractivity contribution in [2.45, 2.75) is 13.8 Å². The summed E-state index contributed by atoms with van der Waals surface area (Å²) in [6, 6.07) is 0. The summed E-state index contributed by atoms with van der Waals surface area (Å²) < 4.78 is 4.80. The molecule has 0 fully saturated rings. The van der Waals surface area contributed by atoms with Crippen molar-refractivity contribution in [1.82, 2.24) is 4.98 Å². The Morgan fingerprint density at radius 3 is 2.92 bits per heavy atom. The van der Waals surface area contributed by atoms with E-state index in [0.717, 1.165) is 0 Å². The van der Waals surface area contributed by atoms with E-state index >= 15 is 0 Å². The van der Waals surface area contributed by atoms with Gasteiger partial charge in [-0.15, -0.1) is 0 Å². The molecule has 4 heteroatoms. The number of aliphatic imine (C=N–C) groups is 1. The van der Waals surface area contributed by atoms with Crippen LogP contribution in [0, 0.1) is 0 Å². The molecule has 0 aliphatic carbocycles. The average molecular weight is 166 g/mol. The Hall–Kier alpha value is -1.58. The highest BCUT2D eigenvalue weighted by Gasteiger charge is 2.07. The second-order valence-corrected chi connectivity index (χ2v) is 2.36. The summed E-state index contributed by atoms with van der Waals surface area (Å²) in [5, 5.41) is 0. The molecule has 1 aromatic heterocycles. The molecule has 4 nitrogen and oxygen atoms in total. The molecule has 0 aliphatic rings. The Morgan fingerprint density at radius 1 is 1.75 bits per heavy atom. The van der Waals surface area contributed by atoms with Crippen LogP contribution in [-0.4, -0.2) is 11.2 Å². The summed E-state index contributed by atoms with van der Waals surface area (Å²) >= 11 is 0. The van der Waals surface area contributed by atoms with Crippen LogP contribution in [0.3, 0.4) is 0 Å². The number of nitrogens with zero attached hydrogens (tertiary/aromatic N) is 1. The van der Waals surface area contributed by atoms with Crippen LogP contribution in [0.4, 0.5) is 5.82 Å². The zero-order valence-electron chi connectivity index (χ0n) is 7.05. The molecule has 64 valence electrons. The summed E-state index contributed by atoms with van der Waals surface area (Å²) in [4.78, 5) is 17.1. The minimum absolute atomic E-state index is 0.415. The second kappa shape index (κ2) is 3.21. The van der Waals surface area contributed by atoms with E-state index in [2.05, 4.69) is 16.6 Å². The van der Waals surface area contributed by atoms with Crippen molar-refractivity contribution in [3.05, 3.63) is 22.9 Å². The molecular weight excluding hydrogens is 156 g/mol. The predicted octanol–water partition coefficient (Wildman–Crippen LogP) is 1.72. The van der Waals surface area contributed by atoms with Crippen LogP contribution in [0.5, 0.6) is 0 Å². The lowest BCUT2D eigenvalue weighted by atomic mass is 10.3. The van der Waals surface area contributed by atoms with Crippen LogP contribution in [0.15, 0.2) is 20.8 Å². The Labute approximate surface area is 69.6 Å². The molecule has 0 bridgehead atoms. The SMILES string of the molecule is C=C(C)c1oc(=O)[nH]c1/N=C\C. The van der Waals surface area contributed by atoms with Gasteiger partial charge in [-0.05, 0) is 19.4 Å². The van der Waals surface area contributed by atoms with Crippen molar-refractivity contribution in [3.8, 4) is 0 Å². The Balaban J connectivity index is 3.26. The fraction of sp³-hybridized carbons (Fsp3) is 0.250. The first-order valence-electron chi connectivity index (χ1n) is 3.53. The van der Waals surface area contributed by atoms with Crippen LogP contribution < -0.4 is 5.76 Å². The number of nitrogens with one attached hydrogen (secondary N) is 1. The van der Waals surface area contributed by atoms with Crippen LogP contribution >= 0.6 is 0 Å². The van der Waals surface area contributed by atoms with Crippen molar-refractivity contribution in [1.29, 1.82) is 0 Å². The number of rotatable bonds is 2. The molecule has 0 saturated carbocycles. The topological polar surface area (TPSA) is 58.4 Å². The maximum atomic E-state index is 10.8. The maximum Gasteiger partial charge on any atom is 0.418 e. The quantitative estimate of drug-likeness (QED) is 0.680. The molecule has 0 atom stereocenters. The molecule has 12 heavy (non-hydrogen) atoms. The van der Waals surface area contributed by atoms with Crippen LogP contribution in [0.25, 0.3) is 5.57 Å². The Bertz CT molecular complexity index is 371. The minimum Gasteiger partial charge on any atom is -0.406 e. The second-order valence-electron chi connectivity index (χ2n) is 2.36. The molecule has 1 rings (SSSR count). The van der Waals surface area contributed by atoms with Gasteiger partial charge >= 0.3 is 5.76 Å². The Kier molecular flexibility index (Phi) is 2.28. The zero-order chi connectivity index (χ0) is 9.14. The number of oxazole rings is 1. The lowest BCUT2D eigenvalue weighted by Gasteiger charge is -1.91. The van der Waals surface area contributed by atoms with Gasteiger partial charge in [-0.2, -0.15) is 0 Å². The summed E-state index contributed by atoms with van der Waals surface area (Å²) in [6.07, 6.45) is 1.58. The number of aromatic amines is 1. The van der Waals surface area contributed by atoms with Crippen molar-refractivity contribution < 1.29 is 4.42 Å². The van der Waals surface area contributed by atoms with Crippen molar-refractivity contribution >= 4 is 17.6 Å². The summed E-state index contributed by atoms with van der Waals surface area (Å²) in [7, 11) is 0. The lowest BCUT2D eigenvalue weighted by Crippen LogP contribution is -1.93. The van der Waals surface area contributed by atoms with E-state index in [1.165, 1.54) is 0 Å². The molecule has 0 radical (unpaired) electrons. The molecule has 0 aromatic carbocycles. The van der Waals surface area contributed by atoms with Gasteiger partial charge in [0.05, 0.1) is 0 Å². The first-order valence-corrected chi connectivity index (χ1v) is 3.53. The van der Waals surface area contributed by atoms with Crippen molar-refractivity contribution in [2.75, 3.05) is 0 Å². The molecule has 1 heterocycles. The van der Waals surface area contributed by atoms with E-state index in [4.69, 9.17) is 4.42 Å². The highest BCUT2D eigenvalue weighted by atomic mass is 16.4. The van der Waals surface area contributed by atoms with Gasteiger partial charge in [0.2, 0.25) is 0 Å². The zero-order valence-corrected chi connectivity index (χ0v) is 7.05. The van der Waals surface area contributed by atoms with E-state index in [1.807, 2.05) is 0 Å². The fourth-order valence-electron chi connectivity index (χ4n) is 0.829. The van der Waals surface area contributed by atoms with Gasteiger partial charge in [0, 0.05) is 6.21 Å². The Morgan fingerprint density at radius 2 is 2.42 bits per heavy atom. The first-order chi connectivity index (χ1) is 5.65. The van der Waals surface area contributed by atoms with Gasteiger partial charge in [-0.3, -0.25) is 4.98 Å². The highest BCUT2D eigenvalue weighted by Crippen LogP contribution is 2.20. The van der Waals surface area contributed by atoms with Crippen molar-refractivity contribution in [3.63, 3.8) is 0 Å². The summed E-state index contributed by atoms with van der Waals surface area (Å²) in [6.45, 7) is 7.16. The molecule has 0 unspecified atom stereocenters. The number of hydrogen-bond acceptors (Lipinski definition) is 3. The summed E-state index contributed by atoms with van der Waals surface area (Å²) in [5.41, 5.74) is 0.675. The molecular formula is C8H10N2O2. The van der Waals surface area contributed by atoms with E-state index in [1.54, 1.807) is 20.1 Å². The highest BCUT2D eigenvalue weighted by molar-refractivity contribution is 5.68. The van der Waals surface area contributed by atoms with E-state index in [0.29, 0.717) is 17.2 Å². The van der Waals surface area contributed by atoms with Gasteiger partial charge in [0.15, 0.2) is 11.6 Å². The van der Waals surface area contributed by atoms with Crippen LogP contribution in [0.1, 0.15) is 19.6 Å². The molecule has 0 amide bonds. The maximum absolute atomic E-state index is 10.8. The number of H-pyrrole nitrogens is 1. The third-order valence-electron chi connectivity index (χ3n) is 1.28. The monoisotopic (exact) mass is 166 g/mol. The number of aromatic nitrogens is 1. The normalized spacial score (nSPS) is 10.8. The lowest BCUT2D eigenvalue weighted by molar-refractivity contribution is 0.504. The van der Waals surface area contributed by atoms with E-state index in [-0.39, 0.29) is 0 Å². The molecule has 1 aromatic rings. The standard InChI is InChI=1S/C8H10N2O2/c1-4-9-7-6(5(2)3)12-8(11)10-7/h4H,2H2,1,3H3,(H,10,11)/b9-4-. The molecule has 1 N–H and O–H groups in total. The third-order valence-corrected chi connectivity index (χ3v) is 1.28. The third kappa shape index (κ3) is 1.53. The molecule has 0 spiro atoms. The van der Waals surface area contributed by atoms with Gasteiger partial charge in [-0.1, -0.05) is 6.58 Å².